The summed E-state index contributed by atoms with van der Waals surface area (Å²) in [6.45, 7) is 5.40. The second-order valence-electron chi connectivity index (χ2n) is 6.84. The van der Waals surface area contributed by atoms with E-state index in [0.29, 0.717) is 13.2 Å². The Bertz CT molecular complexity index is 337. The van der Waals surface area contributed by atoms with Crippen molar-refractivity contribution < 1.29 is 14.3 Å². The standard InChI is InChI=1S/C17H32N2O3.ClH/c1-3-15(22-14-6-4-5-7-14)16(20)19-12-17(13-21-2)8-10-18-11-9-17;/h14-15,18H,3-13H2,1-2H3,(H,19,20);1H. The predicted molar refractivity (Wildman–Crippen MR) is 94.1 cm³/mol. The lowest BCUT2D eigenvalue weighted by Crippen LogP contribution is -2.49. The maximum Gasteiger partial charge on any atom is 0.249 e. The number of nitrogens with one attached hydrogen (secondary N) is 2. The van der Waals surface area contributed by atoms with Gasteiger partial charge < -0.3 is 20.1 Å². The summed E-state index contributed by atoms with van der Waals surface area (Å²) in [6.07, 6.45) is 7.46. The first-order valence-electron chi connectivity index (χ1n) is 8.82. The van der Waals surface area contributed by atoms with Gasteiger partial charge in [0.15, 0.2) is 0 Å². The van der Waals surface area contributed by atoms with Crippen LogP contribution in [0.15, 0.2) is 0 Å². The highest BCUT2D eigenvalue weighted by Crippen LogP contribution is 2.28. The molecule has 0 spiro atoms. The first-order valence-corrected chi connectivity index (χ1v) is 8.82. The summed E-state index contributed by atoms with van der Waals surface area (Å²) >= 11 is 0. The highest BCUT2D eigenvalue weighted by molar-refractivity contribution is 5.85. The van der Waals surface area contributed by atoms with Gasteiger partial charge in [0.1, 0.15) is 6.10 Å². The molecular formula is C17H33ClN2O3. The van der Waals surface area contributed by atoms with Gasteiger partial charge in [-0.15, -0.1) is 12.4 Å². The van der Waals surface area contributed by atoms with Gasteiger partial charge in [0.05, 0.1) is 12.7 Å². The number of piperidine rings is 1. The van der Waals surface area contributed by atoms with Crippen LogP contribution in [0.25, 0.3) is 0 Å². The maximum atomic E-state index is 12.5. The van der Waals surface area contributed by atoms with Crippen LogP contribution < -0.4 is 10.6 Å². The van der Waals surface area contributed by atoms with Gasteiger partial charge >= 0.3 is 0 Å². The third-order valence-electron chi connectivity index (χ3n) is 5.07. The smallest absolute Gasteiger partial charge is 0.249 e. The van der Waals surface area contributed by atoms with Crippen LogP contribution in [0.1, 0.15) is 51.9 Å². The summed E-state index contributed by atoms with van der Waals surface area (Å²) in [7, 11) is 1.74. The van der Waals surface area contributed by atoms with E-state index in [1.165, 1.54) is 12.8 Å². The molecule has 5 nitrogen and oxygen atoms in total. The van der Waals surface area contributed by atoms with Crippen LogP contribution in [0.2, 0.25) is 0 Å². The zero-order valence-corrected chi connectivity index (χ0v) is 15.4. The molecule has 1 heterocycles. The lowest BCUT2D eigenvalue weighted by Gasteiger charge is -2.37. The molecule has 2 N–H and O–H groups in total. The molecule has 136 valence electrons. The Morgan fingerprint density at radius 1 is 1.30 bits per heavy atom. The van der Waals surface area contributed by atoms with E-state index in [1.807, 2.05) is 6.92 Å². The van der Waals surface area contributed by atoms with Gasteiger partial charge in [-0.05, 0) is 45.2 Å². The van der Waals surface area contributed by atoms with E-state index in [4.69, 9.17) is 9.47 Å². The van der Waals surface area contributed by atoms with E-state index in [-0.39, 0.29) is 35.9 Å². The fourth-order valence-electron chi connectivity index (χ4n) is 3.62. The zero-order chi connectivity index (χ0) is 15.8. The average Bonchev–Trinajstić information content (AvgIpc) is 3.05. The molecule has 0 radical (unpaired) electrons. The number of amides is 1. The van der Waals surface area contributed by atoms with Gasteiger partial charge in [0.25, 0.3) is 0 Å². The van der Waals surface area contributed by atoms with Crippen molar-refractivity contribution in [1.82, 2.24) is 10.6 Å². The molecule has 2 fully saturated rings. The van der Waals surface area contributed by atoms with Gasteiger partial charge in [0.2, 0.25) is 5.91 Å². The quantitative estimate of drug-likeness (QED) is 0.706. The fourth-order valence-corrected chi connectivity index (χ4v) is 3.62. The van der Waals surface area contributed by atoms with Crippen molar-refractivity contribution >= 4 is 18.3 Å². The highest BCUT2D eigenvalue weighted by atomic mass is 35.5. The Balaban J connectivity index is 0.00000264. The summed E-state index contributed by atoms with van der Waals surface area (Å²) < 4.78 is 11.4. The van der Waals surface area contributed by atoms with Gasteiger partial charge in [0, 0.05) is 19.1 Å². The minimum Gasteiger partial charge on any atom is -0.384 e. The van der Waals surface area contributed by atoms with Crippen LogP contribution in [-0.4, -0.2) is 51.5 Å². The molecule has 1 saturated heterocycles. The Kier molecular flexibility index (Phi) is 9.44. The van der Waals surface area contributed by atoms with Crippen molar-refractivity contribution in [3.05, 3.63) is 0 Å². The van der Waals surface area contributed by atoms with E-state index >= 15 is 0 Å². The summed E-state index contributed by atoms with van der Waals surface area (Å²) in [5.41, 5.74) is 0.0707. The van der Waals surface area contributed by atoms with Crippen LogP contribution in [-0.2, 0) is 14.3 Å². The van der Waals surface area contributed by atoms with E-state index < -0.39 is 0 Å². The molecule has 1 unspecified atom stereocenters. The number of carbonyl (C=O) groups excluding carboxylic acids is 1. The average molecular weight is 349 g/mol. The minimum absolute atomic E-state index is 0. The maximum absolute atomic E-state index is 12.5. The zero-order valence-electron chi connectivity index (χ0n) is 14.6. The number of ether oxygens (including phenoxy) is 2. The number of carbonyl (C=O) groups is 1. The lowest BCUT2D eigenvalue weighted by atomic mass is 9.79. The van der Waals surface area contributed by atoms with E-state index in [1.54, 1.807) is 7.11 Å². The second-order valence-corrected chi connectivity index (χ2v) is 6.84. The van der Waals surface area contributed by atoms with E-state index in [2.05, 4.69) is 10.6 Å². The Morgan fingerprint density at radius 3 is 2.52 bits per heavy atom. The van der Waals surface area contributed by atoms with Crippen LogP contribution in [0.4, 0.5) is 0 Å². The molecule has 1 atom stereocenters. The molecule has 2 rings (SSSR count). The molecule has 2 aliphatic rings. The predicted octanol–water partition coefficient (Wildman–Crippen LogP) is 2.28. The van der Waals surface area contributed by atoms with Crippen molar-refractivity contribution in [2.75, 3.05) is 33.4 Å². The molecule has 1 saturated carbocycles. The van der Waals surface area contributed by atoms with Crippen molar-refractivity contribution in [2.45, 2.75) is 64.1 Å². The summed E-state index contributed by atoms with van der Waals surface area (Å²) in [5.74, 6) is 0.0448. The normalized spacial score (nSPS) is 22.3. The monoisotopic (exact) mass is 348 g/mol. The first kappa shape index (κ1) is 20.7. The van der Waals surface area contributed by atoms with Crippen LogP contribution in [0.5, 0.6) is 0 Å². The number of hydrogen-bond donors (Lipinski definition) is 2. The van der Waals surface area contributed by atoms with E-state index in [0.717, 1.165) is 45.2 Å². The Morgan fingerprint density at radius 2 is 1.96 bits per heavy atom. The van der Waals surface area contributed by atoms with Crippen molar-refractivity contribution in [3.8, 4) is 0 Å². The molecule has 1 aliphatic carbocycles. The third-order valence-corrected chi connectivity index (χ3v) is 5.07. The molecule has 0 aromatic carbocycles. The second kappa shape index (κ2) is 10.5. The SMILES string of the molecule is CCC(OC1CCCC1)C(=O)NCC1(COC)CCNCC1.Cl. The molecule has 0 aromatic rings. The van der Waals surface area contributed by atoms with Crippen LogP contribution >= 0.6 is 12.4 Å². The summed E-state index contributed by atoms with van der Waals surface area (Å²) in [5, 5.41) is 6.51. The summed E-state index contributed by atoms with van der Waals surface area (Å²) in [6, 6.07) is 0. The van der Waals surface area contributed by atoms with Crippen molar-refractivity contribution in [3.63, 3.8) is 0 Å². The molecular weight excluding hydrogens is 316 g/mol. The molecule has 6 heteroatoms. The topological polar surface area (TPSA) is 59.6 Å². The molecule has 1 aliphatic heterocycles. The largest absolute Gasteiger partial charge is 0.384 e. The first-order chi connectivity index (χ1) is 10.7. The van der Waals surface area contributed by atoms with Crippen LogP contribution in [0.3, 0.4) is 0 Å². The molecule has 1 amide bonds. The van der Waals surface area contributed by atoms with E-state index in [9.17, 15) is 4.79 Å². The lowest BCUT2D eigenvalue weighted by molar-refractivity contribution is -0.137. The van der Waals surface area contributed by atoms with Crippen LogP contribution in [0, 0.1) is 5.41 Å². The number of methoxy groups -OCH3 is 1. The molecule has 0 aromatic heterocycles. The highest BCUT2D eigenvalue weighted by Gasteiger charge is 2.33. The van der Waals surface area contributed by atoms with Gasteiger partial charge in [-0.1, -0.05) is 19.8 Å². The number of halogens is 1. The molecule has 0 bridgehead atoms. The fraction of sp³-hybridized carbons (Fsp3) is 0.941. The number of rotatable bonds is 8. The molecule has 23 heavy (non-hydrogen) atoms. The Labute approximate surface area is 146 Å². The minimum atomic E-state index is -0.301. The van der Waals surface area contributed by atoms with Crippen molar-refractivity contribution in [2.24, 2.45) is 5.41 Å². The summed E-state index contributed by atoms with van der Waals surface area (Å²) in [4.78, 5) is 12.5. The van der Waals surface area contributed by atoms with Crippen molar-refractivity contribution in [1.29, 1.82) is 0 Å². The third kappa shape index (κ3) is 6.22. The van der Waals surface area contributed by atoms with Gasteiger partial charge in [-0.3, -0.25) is 4.79 Å². The number of hydrogen-bond acceptors (Lipinski definition) is 4. The van der Waals surface area contributed by atoms with Gasteiger partial charge in [-0.2, -0.15) is 0 Å². The van der Waals surface area contributed by atoms with Gasteiger partial charge in [-0.25, -0.2) is 0 Å². The Hall–Kier alpha value is -0.360.